The number of hydrogen-bond acceptors (Lipinski definition) is 3. The molecule has 0 radical (unpaired) electrons. The summed E-state index contributed by atoms with van der Waals surface area (Å²) in [6.45, 7) is 7.84. The van der Waals surface area contributed by atoms with E-state index in [1.807, 2.05) is 45.4 Å². The molecule has 0 fully saturated rings. The Balaban J connectivity index is 2.73. The maximum absolute atomic E-state index is 11.0. The van der Waals surface area contributed by atoms with Crippen molar-refractivity contribution in [1.82, 2.24) is 4.57 Å². The van der Waals surface area contributed by atoms with E-state index in [4.69, 9.17) is 4.42 Å². The van der Waals surface area contributed by atoms with Gasteiger partial charge in [0.05, 0.1) is 0 Å². The molecule has 2 aromatic rings. The summed E-state index contributed by atoms with van der Waals surface area (Å²) in [5.74, 6) is 1.63. The van der Waals surface area contributed by atoms with Gasteiger partial charge >= 0.3 is 0 Å². The van der Waals surface area contributed by atoms with Crippen LogP contribution in [0.5, 0.6) is 0 Å². The molecule has 0 aliphatic rings. The zero-order chi connectivity index (χ0) is 13.4. The van der Waals surface area contributed by atoms with Gasteiger partial charge in [-0.25, -0.2) is 0 Å². The molecule has 2 aromatic heterocycles. The molecule has 0 saturated heterocycles. The number of carbonyl (C=O) groups excluding carboxylic acids is 1. The fourth-order valence-electron chi connectivity index (χ4n) is 2.28. The van der Waals surface area contributed by atoms with Gasteiger partial charge in [-0.2, -0.15) is 0 Å². The van der Waals surface area contributed by atoms with E-state index in [9.17, 15) is 4.79 Å². The number of nitrogens with one attached hydrogen (secondary N) is 1. The van der Waals surface area contributed by atoms with E-state index in [0.717, 1.165) is 40.6 Å². The Hall–Kier alpha value is -1.97. The highest BCUT2D eigenvalue weighted by atomic mass is 16.4. The largest absolute Gasteiger partial charge is 0.443 e. The van der Waals surface area contributed by atoms with Gasteiger partial charge in [-0.15, -0.1) is 0 Å². The van der Waals surface area contributed by atoms with Crippen LogP contribution in [0.4, 0.5) is 5.69 Å². The number of aromatic nitrogens is 1. The van der Waals surface area contributed by atoms with Gasteiger partial charge in [-0.3, -0.25) is 9.36 Å². The lowest BCUT2D eigenvalue weighted by atomic mass is 10.2. The molecule has 0 bridgehead atoms. The average molecular weight is 246 g/mol. The van der Waals surface area contributed by atoms with E-state index in [2.05, 4.69) is 5.32 Å². The molecule has 96 valence electrons. The minimum absolute atomic E-state index is 0.696. The first-order valence-corrected chi connectivity index (χ1v) is 5.93. The molecule has 0 spiro atoms. The van der Waals surface area contributed by atoms with Crippen molar-refractivity contribution in [3.05, 3.63) is 34.3 Å². The number of nitrogens with zero attached hydrogens (tertiary/aromatic N) is 1. The Bertz CT molecular complexity index is 606. The van der Waals surface area contributed by atoms with Crippen molar-refractivity contribution in [2.75, 3.05) is 12.4 Å². The summed E-state index contributed by atoms with van der Waals surface area (Å²) in [5, 5.41) is 3.16. The predicted octanol–water partition coefficient (Wildman–Crippen LogP) is 3.16. The van der Waals surface area contributed by atoms with Gasteiger partial charge in [-0.05, 0) is 33.8 Å². The van der Waals surface area contributed by atoms with Crippen LogP contribution in [-0.4, -0.2) is 17.9 Å². The lowest BCUT2D eigenvalue weighted by Crippen LogP contribution is -2.02. The van der Waals surface area contributed by atoms with Crippen LogP contribution in [0.1, 0.15) is 33.1 Å². The second-order valence-electron chi connectivity index (χ2n) is 4.49. The summed E-state index contributed by atoms with van der Waals surface area (Å²) in [5.41, 5.74) is 4.63. The molecule has 0 amide bonds. The van der Waals surface area contributed by atoms with E-state index in [1.54, 1.807) is 0 Å². The van der Waals surface area contributed by atoms with Crippen LogP contribution in [-0.2, 0) is 0 Å². The van der Waals surface area contributed by atoms with Crippen molar-refractivity contribution in [2.45, 2.75) is 27.7 Å². The highest BCUT2D eigenvalue weighted by molar-refractivity contribution is 5.78. The first-order valence-electron chi connectivity index (χ1n) is 5.93. The van der Waals surface area contributed by atoms with Crippen LogP contribution in [0.2, 0.25) is 0 Å². The maximum atomic E-state index is 11.0. The van der Waals surface area contributed by atoms with Crippen molar-refractivity contribution in [1.29, 1.82) is 0 Å². The zero-order valence-electron chi connectivity index (χ0n) is 11.4. The van der Waals surface area contributed by atoms with Crippen LogP contribution in [0.3, 0.4) is 0 Å². The molecule has 0 aromatic carbocycles. The van der Waals surface area contributed by atoms with Gasteiger partial charge < -0.3 is 9.73 Å². The van der Waals surface area contributed by atoms with E-state index < -0.39 is 0 Å². The third-order valence-electron chi connectivity index (χ3n) is 3.42. The van der Waals surface area contributed by atoms with Gasteiger partial charge in [0.1, 0.15) is 11.4 Å². The summed E-state index contributed by atoms with van der Waals surface area (Å²) in [6.07, 6.45) is 0.876. The van der Waals surface area contributed by atoms with Gasteiger partial charge in [0.2, 0.25) is 5.88 Å². The van der Waals surface area contributed by atoms with Crippen LogP contribution in [0.25, 0.3) is 5.88 Å². The van der Waals surface area contributed by atoms with E-state index in [-0.39, 0.29) is 0 Å². The van der Waals surface area contributed by atoms with Crippen LogP contribution in [0.15, 0.2) is 10.5 Å². The molecule has 0 unspecified atom stereocenters. The molecule has 4 heteroatoms. The molecule has 0 aliphatic heterocycles. The number of carbonyl (C=O) groups is 1. The summed E-state index contributed by atoms with van der Waals surface area (Å²) in [7, 11) is 1.87. The van der Waals surface area contributed by atoms with Crippen molar-refractivity contribution in [3.63, 3.8) is 0 Å². The summed E-state index contributed by atoms with van der Waals surface area (Å²) >= 11 is 0. The molecule has 4 nitrogen and oxygen atoms in total. The SMILES string of the molecule is CNc1c(-n2c(C)cc(C=O)c2C)oc(C)c1C. The fourth-order valence-corrected chi connectivity index (χ4v) is 2.28. The Morgan fingerprint density at radius 2 is 1.94 bits per heavy atom. The van der Waals surface area contributed by atoms with Gasteiger partial charge in [0.25, 0.3) is 0 Å². The topological polar surface area (TPSA) is 47.2 Å². The monoisotopic (exact) mass is 246 g/mol. The van der Waals surface area contributed by atoms with Gasteiger partial charge in [0, 0.05) is 29.6 Å². The standard InChI is InChI=1S/C14H18N2O2/c1-8-6-12(7-17)10(3)16(8)14-13(15-5)9(2)11(4)18-14/h6-7,15H,1-5H3. The summed E-state index contributed by atoms with van der Waals surface area (Å²) in [4.78, 5) is 11.0. The zero-order valence-corrected chi connectivity index (χ0v) is 11.4. The molecule has 2 rings (SSSR count). The van der Waals surface area contributed by atoms with Crippen molar-refractivity contribution in [2.24, 2.45) is 0 Å². The van der Waals surface area contributed by atoms with Gasteiger partial charge in [-0.1, -0.05) is 0 Å². The molecule has 2 heterocycles. The number of furan rings is 1. The van der Waals surface area contributed by atoms with Crippen molar-refractivity contribution < 1.29 is 9.21 Å². The number of rotatable bonds is 3. The van der Waals surface area contributed by atoms with Crippen LogP contribution < -0.4 is 5.32 Å². The number of hydrogen-bond donors (Lipinski definition) is 1. The lowest BCUT2D eigenvalue weighted by Gasteiger charge is -2.09. The Morgan fingerprint density at radius 1 is 1.28 bits per heavy atom. The van der Waals surface area contributed by atoms with Crippen molar-refractivity contribution >= 4 is 12.0 Å². The molecular weight excluding hydrogens is 228 g/mol. The van der Waals surface area contributed by atoms with E-state index in [1.165, 1.54) is 0 Å². The Kier molecular flexibility index (Phi) is 3.03. The highest BCUT2D eigenvalue weighted by Crippen LogP contribution is 2.32. The quantitative estimate of drug-likeness (QED) is 0.846. The molecular formula is C14H18N2O2. The maximum Gasteiger partial charge on any atom is 0.227 e. The minimum Gasteiger partial charge on any atom is -0.443 e. The number of aldehydes is 1. The third kappa shape index (κ3) is 1.65. The van der Waals surface area contributed by atoms with Crippen LogP contribution in [0, 0.1) is 27.7 Å². The Labute approximate surface area is 107 Å². The molecule has 0 saturated carbocycles. The highest BCUT2D eigenvalue weighted by Gasteiger charge is 2.19. The normalized spacial score (nSPS) is 10.7. The van der Waals surface area contributed by atoms with Gasteiger partial charge in [0.15, 0.2) is 6.29 Å². The Morgan fingerprint density at radius 3 is 2.44 bits per heavy atom. The number of anilines is 1. The molecule has 1 N–H and O–H groups in total. The van der Waals surface area contributed by atoms with E-state index >= 15 is 0 Å². The second kappa shape index (κ2) is 4.37. The molecule has 0 aliphatic carbocycles. The average Bonchev–Trinajstić information content (AvgIpc) is 2.77. The lowest BCUT2D eigenvalue weighted by molar-refractivity contribution is 0.112. The third-order valence-corrected chi connectivity index (χ3v) is 3.42. The summed E-state index contributed by atoms with van der Waals surface area (Å²) < 4.78 is 7.79. The molecule has 0 atom stereocenters. The molecule has 18 heavy (non-hydrogen) atoms. The van der Waals surface area contributed by atoms with E-state index in [0.29, 0.717) is 5.56 Å². The smallest absolute Gasteiger partial charge is 0.227 e. The first kappa shape index (κ1) is 12.5. The fraction of sp³-hybridized carbons (Fsp3) is 0.357. The second-order valence-corrected chi connectivity index (χ2v) is 4.49. The summed E-state index contributed by atoms with van der Waals surface area (Å²) in [6, 6.07) is 1.87. The first-order chi connectivity index (χ1) is 8.51. The minimum atomic E-state index is 0.696. The van der Waals surface area contributed by atoms with Crippen LogP contribution >= 0.6 is 0 Å². The van der Waals surface area contributed by atoms with Crippen molar-refractivity contribution in [3.8, 4) is 5.88 Å². The predicted molar refractivity (Wildman–Crippen MR) is 71.9 cm³/mol. The number of aryl methyl sites for hydroxylation is 2.